The first-order valence-corrected chi connectivity index (χ1v) is 10.6. The van der Waals surface area contributed by atoms with Gasteiger partial charge in [0.1, 0.15) is 0 Å². The highest BCUT2D eigenvalue weighted by Crippen LogP contribution is 2.23. The monoisotopic (exact) mass is 410 g/mol. The number of amides is 1. The summed E-state index contributed by atoms with van der Waals surface area (Å²) in [4.78, 5) is 29.1. The second kappa shape index (κ2) is 9.18. The minimum Gasteiger partial charge on any atom is -0.453 e. The number of carbonyl (C=O) groups excluding carboxylic acids is 2. The van der Waals surface area contributed by atoms with Gasteiger partial charge in [0, 0.05) is 12.1 Å². The Morgan fingerprint density at radius 3 is 2.52 bits per heavy atom. The van der Waals surface area contributed by atoms with E-state index in [4.69, 9.17) is 4.74 Å². The molecule has 0 aliphatic rings. The lowest BCUT2D eigenvalue weighted by atomic mass is 10.0. The van der Waals surface area contributed by atoms with Crippen LogP contribution in [0.5, 0.6) is 0 Å². The summed E-state index contributed by atoms with van der Waals surface area (Å²) in [5, 5.41) is 3.89. The van der Waals surface area contributed by atoms with Gasteiger partial charge in [-0.05, 0) is 63.8 Å². The van der Waals surface area contributed by atoms with Gasteiger partial charge in [-0.15, -0.1) is 11.3 Å². The predicted molar refractivity (Wildman–Crippen MR) is 117 cm³/mol. The maximum absolute atomic E-state index is 12.4. The number of aromatic nitrogens is 1. The van der Waals surface area contributed by atoms with Crippen molar-refractivity contribution in [3.8, 4) is 0 Å². The van der Waals surface area contributed by atoms with Gasteiger partial charge >= 0.3 is 5.97 Å². The molecule has 1 amide bonds. The SMILES string of the molecule is Cc1cc(C)c(NC(=O)[C@@H](C)OC(=O)CCCc2nc3ccccc3s2)c(C)c1. The van der Waals surface area contributed by atoms with Gasteiger partial charge in [0.2, 0.25) is 0 Å². The van der Waals surface area contributed by atoms with E-state index in [0.29, 0.717) is 6.42 Å². The van der Waals surface area contributed by atoms with Crippen LogP contribution in [0.1, 0.15) is 41.5 Å². The van der Waals surface area contributed by atoms with Crippen molar-refractivity contribution >= 4 is 39.1 Å². The van der Waals surface area contributed by atoms with Crippen LogP contribution in [0.4, 0.5) is 5.69 Å². The number of esters is 1. The van der Waals surface area contributed by atoms with Gasteiger partial charge in [-0.3, -0.25) is 9.59 Å². The lowest BCUT2D eigenvalue weighted by Gasteiger charge is -2.17. The Hall–Kier alpha value is -2.73. The van der Waals surface area contributed by atoms with Crippen molar-refractivity contribution in [3.05, 3.63) is 58.1 Å². The summed E-state index contributed by atoms with van der Waals surface area (Å²) < 4.78 is 6.47. The minimum atomic E-state index is -0.843. The van der Waals surface area contributed by atoms with Crippen molar-refractivity contribution in [2.24, 2.45) is 0 Å². The first-order valence-electron chi connectivity index (χ1n) is 9.76. The molecule has 0 unspecified atom stereocenters. The predicted octanol–water partition coefficient (Wildman–Crippen LogP) is 5.11. The van der Waals surface area contributed by atoms with Gasteiger partial charge in [0.25, 0.3) is 5.91 Å². The number of nitrogens with zero attached hydrogens (tertiary/aromatic N) is 1. The van der Waals surface area contributed by atoms with Crippen LogP contribution in [0.3, 0.4) is 0 Å². The molecule has 0 bridgehead atoms. The molecule has 0 saturated heterocycles. The lowest BCUT2D eigenvalue weighted by molar-refractivity contribution is -0.153. The molecule has 0 spiro atoms. The molecule has 0 aliphatic carbocycles. The number of aryl methyl sites for hydroxylation is 4. The van der Waals surface area contributed by atoms with Crippen LogP contribution in [-0.4, -0.2) is 23.0 Å². The number of fused-ring (bicyclic) bond motifs is 1. The Labute approximate surface area is 175 Å². The van der Waals surface area contributed by atoms with Gasteiger partial charge in [-0.2, -0.15) is 0 Å². The van der Waals surface area contributed by atoms with E-state index in [-0.39, 0.29) is 18.3 Å². The Morgan fingerprint density at radius 2 is 1.83 bits per heavy atom. The third-order valence-corrected chi connectivity index (χ3v) is 5.81. The standard InChI is InChI=1S/C23H26N2O3S/c1-14-12-15(2)22(16(3)13-14)25-23(27)17(4)28-21(26)11-7-10-20-24-18-8-5-6-9-19(18)29-20/h5-6,8-9,12-13,17H,7,10-11H2,1-4H3,(H,25,27)/t17-/m1/s1. The van der Waals surface area contributed by atoms with Gasteiger partial charge in [-0.1, -0.05) is 29.8 Å². The molecule has 29 heavy (non-hydrogen) atoms. The van der Waals surface area contributed by atoms with E-state index in [0.717, 1.165) is 44.0 Å². The molecule has 1 heterocycles. The summed E-state index contributed by atoms with van der Waals surface area (Å²) in [7, 11) is 0. The maximum atomic E-state index is 12.4. The highest BCUT2D eigenvalue weighted by atomic mass is 32.1. The maximum Gasteiger partial charge on any atom is 0.306 e. The Bertz CT molecular complexity index is 986. The second-order valence-electron chi connectivity index (χ2n) is 7.32. The summed E-state index contributed by atoms with van der Waals surface area (Å²) in [5.41, 5.74) is 4.89. The fourth-order valence-electron chi connectivity index (χ4n) is 3.32. The van der Waals surface area contributed by atoms with Crippen molar-refractivity contribution in [3.63, 3.8) is 0 Å². The number of para-hydroxylation sites is 1. The molecule has 0 aliphatic heterocycles. The molecule has 0 fully saturated rings. The van der Waals surface area contributed by atoms with Crippen LogP contribution in [0.15, 0.2) is 36.4 Å². The number of ether oxygens (including phenoxy) is 1. The molecule has 6 heteroatoms. The number of thiazole rings is 1. The molecule has 1 atom stereocenters. The number of anilines is 1. The first-order chi connectivity index (χ1) is 13.8. The molecule has 3 aromatic rings. The molecule has 1 aromatic heterocycles. The minimum absolute atomic E-state index is 0.260. The van der Waals surface area contributed by atoms with Crippen LogP contribution < -0.4 is 5.32 Å². The van der Waals surface area contributed by atoms with E-state index in [1.165, 1.54) is 0 Å². The topological polar surface area (TPSA) is 68.3 Å². The van der Waals surface area contributed by atoms with E-state index >= 15 is 0 Å². The summed E-state index contributed by atoms with van der Waals surface area (Å²) in [6, 6.07) is 12.0. The molecule has 0 radical (unpaired) electrons. The van der Waals surface area contributed by atoms with Crippen molar-refractivity contribution < 1.29 is 14.3 Å². The third-order valence-electron chi connectivity index (χ3n) is 4.71. The van der Waals surface area contributed by atoms with E-state index in [1.807, 2.05) is 57.2 Å². The Kier molecular flexibility index (Phi) is 6.64. The van der Waals surface area contributed by atoms with E-state index < -0.39 is 6.10 Å². The molecule has 5 nitrogen and oxygen atoms in total. The number of rotatable bonds is 7. The third kappa shape index (κ3) is 5.41. The largest absolute Gasteiger partial charge is 0.453 e. The van der Waals surface area contributed by atoms with Crippen LogP contribution in [-0.2, 0) is 20.7 Å². The number of nitrogens with one attached hydrogen (secondary N) is 1. The normalized spacial score (nSPS) is 12.0. The van der Waals surface area contributed by atoms with Crippen molar-refractivity contribution in [1.29, 1.82) is 0 Å². The molecule has 2 aromatic carbocycles. The smallest absolute Gasteiger partial charge is 0.306 e. The molecular weight excluding hydrogens is 384 g/mol. The van der Waals surface area contributed by atoms with Crippen LogP contribution >= 0.6 is 11.3 Å². The fourth-order valence-corrected chi connectivity index (χ4v) is 4.33. The van der Waals surface area contributed by atoms with Gasteiger partial charge in [0.05, 0.1) is 15.2 Å². The quantitative estimate of drug-likeness (QED) is 0.549. The van der Waals surface area contributed by atoms with E-state index in [9.17, 15) is 9.59 Å². The molecule has 152 valence electrons. The number of hydrogen-bond acceptors (Lipinski definition) is 5. The zero-order valence-electron chi connectivity index (χ0n) is 17.2. The molecule has 3 rings (SSSR count). The summed E-state index contributed by atoms with van der Waals surface area (Å²) >= 11 is 1.65. The van der Waals surface area contributed by atoms with Crippen LogP contribution in [0.2, 0.25) is 0 Å². The average molecular weight is 411 g/mol. The number of benzene rings is 2. The van der Waals surface area contributed by atoms with Crippen LogP contribution in [0, 0.1) is 20.8 Å². The second-order valence-corrected chi connectivity index (χ2v) is 8.44. The zero-order chi connectivity index (χ0) is 21.0. The van der Waals surface area contributed by atoms with Crippen LogP contribution in [0.25, 0.3) is 10.2 Å². The molecular formula is C23H26N2O3S. The Morgan fingerprint density at radius 1 is 1.14 bits per heavy atom. The van der Waals surface area contributed by atoms with E-state index in [2.05, 4.69) is 10.3 Å². The number of hydrogen-bond donors (Lipinski definition) is 1. The van der Waals surface area contributed by atoms with Gasteiger partial charge < -0.3 is 10.1 Å². The summed E-state index contributed by atoms with van der Waals surface area (Å²) in [6.07, 6.45) is 0.779. The van der Waals surface area contributed by atoms with Gasteiger partial charge in [-0.25, -0.2) is 4.98 Å². The Balaban J connectivity index is 1.47. The summed E-state index contributed by atoms with van der Waals surface area (Å²) in [6.45, 7) is 7.52. The van der Waals surface area contributed by atoms with Crippen molar-refractivity contribution in [2.45, 2.75) is 53.1 Å². The summed E-state index contributed by atoms with van der Waals surface area (Å²) in [5.74, 6) is -0.689. The lowest BCUT2D eigenvalue weighted by Crippen LogP contribution is -2.30. The number of carbonyl (C=O) groups is 2. The molecule has 1 N–H and O–H groups in total. The highest BCUT2D eigenvalue weighted by molar-refractivity contribution is 7.18. The van der Waals surface area contributed by atoms with Crippen molar-refractivity contribution in [1.82, 2.24) is 4.98 Å². The van der Waals surface area contributed by atoms with Gasteiger partial charge in [0.15, 0.2) is 6.10 Å². The molecule has 0 saturated carbocycles. The highest BCUT2D eigenvalue weighted by Gasteiger charge is 2.19. The van der Waals surface area contributed by atoms with E-state index in [1.54, 1.807) is 18.3 Å². The fraction of sp³-hybridized carbons (Fsp3) is 0.348. The van der Waals surface area contributed by atoms with Crippen molar-refractivity contribution in [2.75, 3.05) is 5.32 Å². The zero-order valence-corrected chi connectivity index (χ0v) is 18.1. The average Bonchev–Trinajstić information content (AvgIpc) is 3.07. The first kappa shape index (κ1) is 21.0.